The van der Waals surface area contributed by atoms with Crippen LogP contribution in [-0.2, 0) is 0 Å². The molecular formula is C14H19NOSi. The Balaban J connectivity index is 2.97. The number of rotatable bonds is 2. The minimum absolute atomic E-state index is 0.0620. The fourth-order valence-electron chi connectivity index (χ4n) is 1.16. The quantitative estimate of drug-likeness (QED) is 0.642. The molecule has 0 aliphatic rings. The summed E-state index contributed by atoms with van der Waals surface area (Å²) in [6.45, 7) is 8.60. The van der Waals surface area contributed by atoms with E-state index in [2.05, 4.69) is 36.1 Å². The van der Waals surface area contributed by atoms with Crippen molar-refractivity contribution in [3.63, 3.8) is 0 Å². The van der Waals surface area contributed by atoms with Crippen molar-refractivity contribution in [1.82, 2.24) is 4.98 Å². The van der Waals surface area contributed by atoms with Crippen molar-refractivity contribution in [2.45, 2.75) is 26.6 Å². The SMILES string of the molecule is C/C(=C\c1cc(C#C[Si](C)(C)C)ccn1)CO. The molecule has 1 aromatic heterocycles. The molecule has 0 fully saturated rings. The molecule has 1 N–H and O–H groups in total. The van der Waals surface area contributed by atoms with E-state index in [0.717, 1.165) is 16.8 Å². The lowest BCUT2D eigenvalue weighted by Gasteiger charge is -2.03. The summed E-state index contributed by atoms with van der Waals surface area (Å²) in [6.07, 6.45) is 3.63. The first kappa shape index (κ1) is 13.7. The van der Waals surface area contributed by atoms with Crippen LogP contribution in [0, 0.1) is 11.5 Å². The zero-order valence-corrected chi connectivity index (χ0v) is 11.9. The van der Waals surface area contributed by atoms with E-state index in [4.69, 9.17) is 5.11 Å². The fraction of sp³-hybridized carbons (Fsp3) is 0.357. The number of aliphatic hydroxyl groups excluding tert-OH is 1. The molecule has 0 saturated carbocycles. The Hall–Kier alpha value is -1.37. The van der Waals surface area contributed by atoms with Gasteiger partial charge in [-0.15, -0.1) is 5.54 Å². The molecule has 1 rings (SSSR count). The minimum atomic E-state index is -1.33. The van der Waals surface area contributed by atoms with E-state index in [-0.39, 0.29) is 6.61 Å². The summed E-state index contributed by atoms with van der Waals surface area (Å²) in [4.78, 5) is 4.23. The van der Waals surface area contributed by atoms with Crippen molar-refractivity contribution in [2.24, 2.45) is 0 Å². The minimum Gasteiger partial charge on any atom is -0.392 e. The van der Waals surface area contributed by atoms with E-state index in [1.807, 2.05) is 25.1 Å². The van der Waals surface area contributed by atoms with E-state index in [1.54, 1.807) is 6.20 Å². The molecule has 0 saturated heterocycles. The van der Waals surface area contributed by atoms with Crippen molar-refractivity contribution in [3.05, 3.63) is 35.2 Å². The number of pyridine rings is 1. The number of hydrogen-bond donors (Lipinski definition) is 1. The second-order valence-corrected chi connectivity index (χ2v) is 9.87. The van der Waals surface area contributed by atoms with E-state index < -0.39 is 8.07 Å². The molecule has 0 atom stereocenters. The van der Waals surface area contributed by atoms with Gasteiger partial charge in [0.1, 0.15) is 8.07 Å². The monoisotopic (exact) mass is 245 g/mol. The second-order valence-electron chi connectivity index (χ2n) is 5.12. The summed E-state index contributed by atoms with van der Waals surface area (Å²) in [6, 6.07) is 3.87. The summed E-state index contributed by atoms with van der Waals surface area (Å²) in [7, 11) is -1.33. The summed E-state index contributed by atoms with van der Waals surface area (Å²) >= 11 is 0. The first-order valence-corrected chi connectivity index (χ1v) is 9.18. The lowest BCUT2D eigenvalue weighted by molar-refractivity contribution is 0.332. The van der Waals surface area contributed by atoms with Crippen LogP contribution in [0.2, 0.25) is 19.6 Å². The molecule has 90 valence electrons. The highest BCUT2D eigenvalue weighted by atomic mass is 28.3. The molecule has 0 aliphatic heterocycles. The highest BCUT2D eigenvalue weighted by Crippen LogP contribution is 2.06. The maximum atomic E-state index is 8.96. The van der Waals surface area contributed by atoms with Gasteiger partial charge in [-0.1, -0.05) is 25.6 Å². The van der Waals surface area contributed by atoms with Gasteiger partial charge in [-0.25, -0.2) is 0 Å². The maximum absolute atomic E-state index is 8.96. The number of hydrogen-bond acceptors (Lipinski definition) is 2. The summed E-state index contributed by atoms with van der Waals surface area (Å²) in [5, 5.41) is 8.96. The van der Waals surface area contributed by atoms with E-state index in [1.165, 1.54) is 0 Å². The molecule has 0 aliphatic carbocycles. The third-order valence-electron chi connectivity index (χ3n) is 2.01. The van der Waals surface area contributed by atoms with Gasteiger partial charge in [-0.3, -0.25) is 4.98 Å². The first-order valence-electron chi connectivity index (χ1n) is 5.68. The maximum Gasteiger partial charge on any atom is 0.129 e. The van der Waals surface area contributed by atoms with E-state index in [0.29, 0.717) is 0 Å². The Labute approximate surface area is 104 Å². The average Bonchev–Trinajstić information content (AvgIpc) is 2.26. The molecular weight excluding hydrogens is 226 g/mol. The van der Waals surface area contributed by atoms with Gasteiger partial charge < -0.3 is 5.11 Å². The van der Waals surface area contributed by atoms with Crippen LogP contribution in [0.5, 0.6) is 0 Å². The van der Waals surface area contributed by atoms with Crippen LogP contribution in [0.25, 0.3) is 6.08 Å². The Morgan fingerprint density at radius 1 is 1.47 bits per heavy atom. The molecule has 0 amide bonds. The van der Waals surface area contributed by atoms with Gasteiger partial charge in [0.05, 0.1) is 12.3 Å². The normalized spacial score (nSPS) is 11.9. The van der Waals surface area contributed by atoms with Crippen LogP contribution < -0.4 is 0 Å². The molecule has 0 spiro atoms. The molecule has 0 radical (unpaired) electrons. The molecule has 1 heterocycles. The first-order chi connectivity index (χ1) is 7.90. The van der Waals surface area contributed by atoms with Crippen molar-refractivity contribution < 1.29 is 5.11 Å². The third-order valence-corrected chi connectivity index (χ3v) is 2.88. The Morgan fingerprint density at radius 3 is 2.76 bits per heavy atom. The zero-order valence-electron chi connectivity index (χ0n) is 10.9. The van der Waals surface area contributed by atoms with E-state index in [9.17, 15) is 0 Å². The van der Waals surface area contributed by atoms with Gasteiger partial charge >= 0.3 is 0 Å². The molecule has 2 nitrogen and oxygen atoms in total. The molecule has 0 unspecified atom stereocenters. The standard InChI is InChI=1S/C14H19NOSi/c1-12(11-16)9-14-10-13(5-7-15-14)6-8-17(2,3)4/h5,7,9-10,16H,11H2,1-4H3/b12-9+. The smallest absolute Gasteiger partial charge is 0.129 e. The summed E-state index contributed by atoms with van der Waals surface area (Å²) in [5.74, 6) is 3.20. The van der Waals surface area contributed by atoms with Gasteiger partial charge in [-0.2, -0.15) is 0 Å². The highest BCUT2D eigenvalue weighted by molar-refractivity contribution is 6.83. The van der Waals surface area contributed by atoms with Gasteiger partial charge in [0.2, 0.25) is 0 Å². The molecule has 1 aromatic rings. The Bertz CT molecular complexity index is 475. The van der Waals surface area contributed by atoms with E-state index >= 15 is 0 Å². The zero-order chi connectivity index (χ0) is 12.9. The number of aliphatic hydroxyl groups is 1. The van der Waals surface area contributed by atoms with Crippen molar-refractivity contribution >= 4 is 14.1 Å². The number of aromatic nitrogens is 1. The highest BCUT2D eigenvalue weighted by Gasteiger charge is 2.07. The largest absolute Gasteiger partial charge is 0.392 e. The molecule has 0 aromatic carbocycles. The lowest BCUT2D eigenvalue weighted by atomic mass is 10.2. The molecule has 17 heavy (non-hydrogen) atoms. The second kappa shape index (κ2) is 5.81. The molecule has 3 heteroatoms. The predicted molar refractivity (Wildman–Crippen MR) is 75.2 cm³/mol. The predicted octanol–water partition coefficient (Wildman–Crippen LogP) is 2.71. The Morgan fingerprint density at radius 2 is 2.18 bits per heavy atom. The van der Waals surface area contributed by atoms with Crippen molar-refractivity contribution in [2.75, 3.05) is 6.61 Å². The van der Waals surface area contributed by atoms with Crippen LogP contribution in [-0.4, -0.2) is 24.8 Å². The van der Waals surface area contributed by atoms with Gasteiger partial charge in [0, 0.05) is 11.8 Å². The molecule has 0 bridgehead atoms. The van der Waals surface area contributed by atoms with Gasteiger partial charge in [0.25, 0.3) is 0 Å². The fourth-order valence-corrected chi connectivity index (χ4v) is 1.68. The third kappa shape index (κ3) is 5.48. The van der Waals surface area contributed by atoms with Gasteiger partial charge in [-0.05, 0) is 30.7 Å². The van der Waals surface area contributed by atoms with Crippen molar-refractivity contribution in [3.8, 4) is 11.5 Å². The summed E-state index contributed by atoms with van der Waals surface area (Å²) in [5.41, 5.74) is 6.05. The number of nitrogens with zero attached hydrogens (tertiary/aromatic N) is 1. The van der Waals surface area contributed by atoms with Crippen LogP contribution in [0.4, 0.5) is 0 Å². The van der Waals surface area contributed by atoms with Crippen LogP contribution in [0.1, 0.15) is 18.2 Å². The van der Waals surface area contributed by atoms with Crippen LogP contribution in [0.3, 0.4) is 0 Å². The lowest BCUT2D eigenvalue weighted by Crippen LogP contribution is -2.16. The van der Waals surface area contributed by atoms with Gasteiger partial charge in [0.15, 0.2) is 0 Å². The topological polar surface area (TPSA) is 33.1 Å². The summed E-state index contributed by atoms with van der Waals surface area (Å²) < 4.78 is 0. The van der Waals surface area contributed by atoms with Crippen molar-refractivity contribution in [1.29, 1.82) is 0 Å². The Kier molecular flexibility index (Phi) is 4.68. The average molecular weight is 245 g/mol. The van der Waals surface area contributed by atoms with Crippen LogP contribution >= 0.6 is 0 Å². The van der Waals surface area contributed by atoms with Crippen LogP contribution in [0.15, 0.2) is 23.9 Å².